The smallest absolute Gasteiger partial charge is 0.218 e. The molecule has 19 heavy (non-hydrogen) atoms. The standard InChI is InChI=1S/C14H17N3OS/c1-10(7-13(15)18)16-8-14-17-12(9-19-14)11-5-3-2-4-6-11/h2-6,9-10,16H,7-8H2,1H3,(H2,15,18). The number of primary amides is 1. The summed E-state index contributed by atoms with van der Waals surface area (Å²) in [6.45, 7) is 2.60. The van der Waals surface area contributed by atoms with Crippen molar-refractivity contribution in [1.29, 1.82) is 0 Å². The minimum Gasteiger partial charge on any atom is -0.370 e. The highest BCUT2D eigenvalue weighted by atomic mass is 32.1. The summed E-state index contributed by atoms with van der Waals surface area (Å²) < 4.78 is 0. The molecule has 0 aliphatic heterocycles. The van der Waals surface area contributed by atoms with Crippen LogP contribution >= 0.6 is 11.3 Å². The average molecular weight is 275 g/mol. The molecule has 3 N–H and O–H groups in total. The molecular formula is C14H17N3OS. The van der Waals surface area contributed by atoms with E-state index in [0.29, 0.717) is 13.0 Å². The Balaban J connectivity index is 1.93. The van der Waals surface area contributed by atoms with E-state index in [4.69, 9.17) is 5.73 Å². The molecular weight excluding hydrogens is 258 g/mol. The van der Waals surface area contributed by atoms with Crippen molar-refractivity contribution >= 4 is 17.2 Å². The van der Waals surface area contributed by atoms with Crippen molar-refractivity contribution in [2.75, 3.05) is 0 Å². The number of hydrogen-bond donors (Lipinski definition) is 2. The summed E-state index contributed by atoms with van der Waals surface area (Å²) >= 11 is 1.62. The number of amides is 1. The number of rotatable bonds is 6. The van der Waals surface area contributed by atoms with E-state index in [1.807, 2.05) is 42.6 Å². The molecule has 0 bridgehead atoms. The molecule has 2 aromatic rings. The lowest BCUT2D eigenvalue weighted by Crippen LogP contribution is -2.30. The number of nitrogens with one attached hydrogen (secondary N) is 1. The Morgan fingerprint density at radius 1 is 1.42 bits per heavy atom. The molecule has 1 unspecified atom stereocenters. The highest BCUT2D eigenvalue weighted by molar-refractivity contribution is 7.09. The highest BCUT2D eigenvalue weighted by Crippen LogP contribution is 2.21. The van der Waals surface area contributed by atoms with Gasteiger partial charge in [0.2, 0.25) is 5.91 Å². The Morgan fingerprint density at radius 2 is 2.16 bits per heavy atom. The minimum absolute atomic E-state index is 0.0709. The predicted molar refractivity (Wildman–Crippen MR) is 77.7 cm³/mol. The zero-order valence-corrected chi connectivity index (χ0v) is 11.6. The van der Waals surface area contributed by atoms with Gasteiger partial charge in [-0.05, 0) is 6.92 Å². The molecule has 0 radical (unpaired) electrons. The summed E-state index contributed by atoms with van der Waals surface area (Å²) in [5.41, 5.74) is 7.26. The van der Waals surface area contributed by atoms with Crippen LogP contribution < -0.4 is 11.1 Å². The molecule has 100 valence electrons. The molecule has 0 fully saturated rings. The van der Waals surface area contributed by atoms with Gasteiger partial charge in [0.05, 0.1) is 5.69 Å². The van der Waals surface area contributed by atoms with E-state index in [9.17, 15) is 4.79 Å². The van der Waals surface area contributed by atoms with Gasteiger partial charge >= 0.3 is 0 Å². The summed E-state index contributed by atoms with van der Waals surface area (Å²) in [7, 11) is 0. The lowest BCUT2D eigenvalue weighted by atomic mass is 10.2. The molecule has 0 saturated carbocycles. The second-order valence-electron chi connectivity index (χ2n) is 4.44. The molecule has 0 aliphatic carbocycles. The monoisotopic (exact) mass is 275 g/mol. The Labute approximate surface area is 116 Å². The van der Waals surface area contributed by atoms with Gasteiger partial charge in [-0.15, -0.1) is 11.3 Å². The maximum Gasteiger partial charge on any atom is 0.218 e. The molecule has 1 aromatic heterocycles. The fourth-order valence-electron chi connectivity index (χ4n) is 1.77. The molecule has 0 aliphatic rings. The summed E-state index contributed by atoms with van der Waals surface area (Å²) in [5.74, 6) is -0.288. The van der Waals surface area contributed by atoms with E-state index in [1.54, 1.807) is 11.3 Å². The third-order valence-corrected chi connectivity index (χ3v) is 3.58. The zero-order valence-electron chi connectivity index (χ0n) is 10.8. The third-order valence-electron chi connectivity index (χ3n) is 2.73. The number of nitrogens with two attached hydrogens (primary N) is 1. The van der Waals surface area contributed by atoms with Crippen LogP contribution in [0.3, 0.4) is 0 Å². The van der Waals surface area contributed by atoms with Gasteiger partial charge in [-0.3, -0.25) is 4.79 Å². The van der Waals surface area contributed by atoms with Crippen LogP contribution in [0.25, 0.3) is 11.3 Å². The lowest BCUT2D eigenvalue weighted by molar-refractivity contribution is -0.118. The van der Waals surface area contributed by atoms with Gasteiger partial charge in [-0.2, -0.15) is 0 Å². The average Bonchev–Trinajstić information content (AvgIpc) is 2.85. The molecule has 4 nitrogen and oxygen atoms in total. The summed E-state index contributed by atoms with van der Waals surface area (Å²) in [5, 5.41) is 6.30. The zero-order chi connectivity index (χ0) is 13.7. The van der Waals surface area contributed by atoms with Crippen LogP contribution in [0, 0.1) is 0 Å². The van der Waals surface area contributed by atoms with E-state index in [-0.39, 0.29) is 11.9 Å². The van der Waals surface area contributed by atoms with Crippen LogP contribution in [0.1, 0.15) is 18.4 Å². The van der Waals surface area contributed by atoms with Crippen LogP contribution in [0.4, 0.5) is 0 Å². The number of aromatic nitrogens is 1. The molecule has 5 heteroatoms. The Morgan fingerprint density at radius 3 is 2.84 bits per heavy atom. The van der Waals surface area contributed by atoms with Crippen molar-refractivity contribution in [2.24, 2.45) is 5.73 Å². The molecule has 2 rings (SSSR count). The maximum absolute atomic E-state index is 10.8. The number of nitrogens with zero attached hydrogens (tertiary/aromatic N) is 1. The number of carbonyl (C=O) groups excluding carboxylic acids is 1. The normalized spacial score (nSPS) is 12.3. The van der Waals surface area contributed by atoms with Crippen molar-refractivity contribution in [2.45, 2.75) is 25.9 Å². The van der Waals surface area contributed by atoms with Crippen LogP contribution in [0.5, 0.6) is 0 Å². The molecule has 1 amide bonds. The molecule has 1 aromatic carbocycles. The Kier molecular flexibility index (Phi) is 4.65. The fourth-order valence-corrected chi connectivity index (χ4v) is 2.52. The van der Waals surface area contributed by atoms with E-state index in [0.717, 1.165) is 16.3 Å². The predicted octanol–water partition coefficient (Wildman–Crippen LogP) is 2.16. The topological polar surface area (TPSA) is 68.0 Å². The third kappa shape index (κ3) is 4.15. The molecule has 1 heterocycles. The number of benzene rings is 1. The summed E-state index contributed by atoms with van der Waals surface area (Å²) in [6.07, 6.45) is 0.344. The maximum atomic E-state index is 10.8. The van der Waals surface area contributed by atoms with Gasteiger partial charge in [0.25, 0.3) is 0 Å². The van der Waals surface area contributed by atoms with E-state index < -0.39 is 0 Å². The number of thiazole rings is 1. The SMILES string of the molecule is CC(CC(N)=O)NCc1nc(-c2ccccc2)cs1. The van der Waals surface area contributed by atoms with Gasteiger partial charge in [0.1, 0.15) is 5.01 Å². The molecule has 0 spiro atoms. The van der Waals surface area contributed by atoms with E-state index in [1.165, 1.54) is 0 Å². The molecule has 1 atom stereocenters. The van der Waals surface area contributed by atoms with Crippen LogP contribution in [0.2, 0.25) is 0 Å². The summed E-state index contributed by atoms with van der Waals surface area (Å²) in [6, 6.07) is 10.2. The first-order valence-electron chi connectivity index (χ1n) is 6.16. The van der Waals surface area contributed by atoms with Gasteiger partial charge in [0.15, 0.2) is 0 Å². The largest absolute Gasteiger partial charge is 0.370 e. The van der Waals surface area contributed by atoms with Gasteiger partial charge in [-0.25, -0.2) is 4.98 Å². The van der Waals surface area contributed by atoms with Crippen molar-refractivity contribution in [3.63, 3.8) is 0 Å². The number of hydrogen-bond acceptors (Lipinski definition) is 4. The van der Waals surface area contributed by atoms with Crippen molar-refractivity contribution in [1.82, 2.24) is 10.3 Å². The van der Waals surface area contributed by atoms with Gasteiger partial charge in [0, 0.05) is 30.0 Å². The fraction of sp³-hybridized carbons (Fsp3) is 0.286. The van der Waals surface area contributed by atoms with Crippen LogP contribution in [-0.4, -0.2) is 16.9 Å². The highest BCUT2D eigenvalue weighted by Gasteiger charge is 2.08. The Hall–Kier alpha value is -1.72. The molecule has 0 saturated heterocycles. The van der Waals surface area contributed by atoms with Crippen LogP contribution in [0.15, 0.2) is 35.7 Å². The second-order valence-corrected chi connectivity index (χ2v) is 5.39. The number of carbonyl (C=O) groups is 1. The van der Waals surface area contributed by atoms with Gasteiger partial charge in [-0.1, -0.05) is 30.3 Å². The minimum atomic E-state index is -0.288. The first-order chi connectivity index (χ1) is 9.15. The van der Waals surface area contributed by atoms with Crippen molar-refractivity contribution in [3.8, 4) is 11.3 Å². The first kappa shape index (κ1) is 13.7. The Bertz CT molecular complexity index is 539. The van der Waals surface area contributed by atoms with Crippen LogP contribution in [-0.2, 0) is 11.3 Å². The van der Waals surface area contributed by atoms with Crippen molar-refractivity contribution in [3.05, 3.63) is 40.7 Å². The lowest BCUT2D eigenvalue weighted by Gasteiger charge is -2.09. The first-order valence-corrected chi connectivity index (χ1v) is 7.04. The summed E-state index contributed by atoms with van der Waals surface area (Å²) in [4.78, 5) is 15.4. The second kappa shape index (κ2) is 6.45. The van der Waals surface area contributed by atoms with E-state index >= 15 is 0 Å². The van der Waals surface area contributed by atoms with E-state index in [2.05, 4.69) is 10.3 Å². The quantitative estimate of drug-likeness (QED) is 0.849. The van der Waals surface area contributed by atoms with Gasteiger partial charge < -0.3 is 11.1 Å². The van der Waals surface area contributed by atoms with Crippen molar-refractivity contribution < 1.29 is 4.79 Å².